The number of benzene rings is 1. The lowest BCUT2D eigenvalue weighted by Gasteiger charge is -2.39. The van der Waals surface area contributed by atoms with Gasteiger partial charge in [-0.1, -0.05) is 31.9 Å². The number of hydrogen-bond donors (Lipinski definition) is 2. The normalized spacial score (nSPS) is 23.2. The maximum atomic E-state index is 13.5. The molecule has 0 aromatic heterocycles. The van der Waals surface area contributed by atoms with Crippen LogP contribution >= 0.6 is 11.6 Å². The number of carbonyl (C=O) groups excluding carboxylic acids is 2. The monoisotopic (exact) mass is 473 g/mol. The summed E-state index contributed by atoms with van der Waals surface area (Å²) in [7, 11) is 1.44. The highest BCUT2D eigenvalue weighted by molar-refractivity contribution is 6.32. The van der Waals surface area contributed by atoms with Gasteiger partial charge < -0.3 is 19.9 Å². The number of hydrogen-bond acceptors (Lipinski definition) is 6. The predicted octanol–water partition coefficient (Wildman–Crippen LogP) is 5.53. The molecule has 1 aromatic rings. The SMILES string of the molecule is COc1cc(C2C(C(=O)OC3CCCCC3)=C(C)NC3=C2C(=O)CC(C)(C)C3)cc(Cl)c1O. The zero-order valence-electron chi connectivity index (χ0n) is 19.7. The number of ether oxygens (including phenoxy) is 2. The average molecular weight is 474 g/mol. The minimum atomic E-state index is -0.645. The van der Waals surface area contributed by atoms with Crippen LogP contribution in [0.4, 0.5) is 0 Å². The largest absolute Gasteiger partial charge is 0.503 e. The molecule has 4 rings (SSSR count). The Hall–Kier alpha value is -2.47. The molecular weight excluding hydrogens is 442 g/mol. The number of nitrogens with one attached hydrogen (secondary N) is 1. The minimum absolute atomic E-state index is 0.00243. The van der Waals surface area contributed by atoms with E-state index in [0.29, 0.717) is 35.2 Å². The van der Waals surface area contributed by atoms with Gasteiger partial charge >= 0.3 is 5.97 Å². The number of esters is 1. The first-order valence-corrected chi connectivity index (χ1v) is 12.0. The summed E-state index contributed by atoms with van der Waals surface area (Å²) in [6.45, 7) is 5.98. The molecule has 1 atom stereocenters. The first-order valence-electron chi connectivity index (χ1n) is 11.6. The number of ketones is 1. The van der Waals surface area contributed by atoms with Crippen molar-refractivity contribution in [1.82, 2.24) is 5.32 Å². The summed E-state index contributed by atoms with van der Waals surface area (Å²) in [5.74, 6) is -1.04. The van der Waals surface area contributed by atoms with Gasteiger partial charge in [0.15, 0.2) is 17.3 Å². The summed E-state index contributed by atoms with van der Waals surface area (Å²) >= 11 is 6.31. The van der Waals surface area contributed by atoms with Crippen LogP contribution in [0.5, 0.6) is 11.5 Å². The summed E-state index contributed by atoms with van der Waals surface area (Å²) in [6, 6.07) is 3.25. The molecular formula is C26H32ClNO5. The summed E-state index contributed by atoms with van der Waals surface area (Å²) in [5.41, 5.74) is 2.92. The molecule has 0 spiro atoms. The van der Waals surface area contributed by atoms with Crippen molar-refractivity contribution < 1.29 is 24.2 Å². The topological polar surface area (TPSA) is 84.9 Å². The van der Waals surface area contributed by atoms with Crippen LogP contribution in [0.25, 0.3) is 0 Å². The van der Waals surface area contributed by atoms with Crippen LogP contribution in [-0.2, 0) is 14.3 Å². The van der Waals surface area contributed by atoms with Crippen molar-refractivity contribution in [3.05, 3.63) is 45.3 Å². The van der Waals surface area contributed by atoms with E-state index in [2.05, 4.69) is 19.2 Å². The van der Waals surface area contributed by atoms with E-state index < -0.39 is 11.9 Å². The standard InChI is InChI=1S/C26H32ClNO5/c1-14-21(25(31)33-16-8-6-5-7-9-16)22(15-10-17(27)24(30)20(11-15)32-4)23-18(28-14)12-26(2,3)13-19(23)29/h10-11,16,22,28,30H,5-9,12-13H2,1-4H3. The van der Waals surface area contributed by atoms with Crippen LogP contribution in [0.1, 0.15) is 77.2 Å². The van der Waals surface area contributed by atoms with Crippen LogP contribution in [0.3, 0.4) is 0 Å². The number of phenolic OH excluding ortho intramolecular Hbond substituents is 1. The molecule has 0 saturated heterocycles. The maximum Gasteiger partial charge on any atom is 0.337 e. The van der Waals surface area contributed by atoms with Gasteiger partial charge in [-0.3, -0.25) is 4.79 Å². The summed E-state index contributed by atoms with van der Waals surface area (Å²) in [4.78, 5) is 26.9. The Morgan fingerprint density at radius 2 is 1.88 bits per heavy atom. The molecule has 1 saturated carbocycles. The van der Waals surface area contributed by atoms with Crippen molar-refractivity contribution in [2.75, 3.05) is 7.11 Å². The fraction of sp³-hybridized carbons (Fsp3) is 0.538. The van der Waals surface area contributed by atoms with Gasteiger partial charge in [0, 0.05) is 29.3 Å². The molecule has 1 fully saturated rings. The van der Waals surface area contributed by atoms with E-state index >= 15 is 0 Å². The highest BCUT2D eigenvalue weighted by Crippen LogP contribution is 2.49. The molecule has 1 heterocycles. The number of halogens is 1. The zero-order chi connectivity index (χ0) is 23.9. The molecule has 33 heavy (non-hydrogen) atoms. The Bertz CT molecular complexity index is 1050. The fourth-order valence-corrected chi connectivity index (χ4v) is 5.57. The minimum Gasteiger partial charge on any atom is -0.503 e. The molecule has 178 valence electrons. The second-order valence-electron chi connectivity index (χ2n) is 10.1. The predicted molar refractivity (Wildman–Crippen MR) is 126 cm³/mol. The summed E-state index contributed by atoms with van der Waals surface area (Å²) in [6.07, 6.45) is 5.93. The van der Waals surface area contributed by atoms with Gasteiger partial charge in [0.05, 0.1) is 17.7 Å². The quantitative estimate of drug-likeness (QED) is 0.559. The molecule has 0 radical (unpaired) electrons. The van der Waals surface area contributed by atoms with Crippen molar-refractivity contribution in [2.45, 2.75) is 77.7 Å². The number of Topliss-reactive ketones (excluding diaryl/α,β-unsaturated/α-hetero) is 1. The van der Waals surface area contributed by atoms with Crippen LogP contribution in [-0.4, -0.2) is 30.1 Å². The second-order valence-corrected chi connectivity index (χ2v) is 10.6. The van der Waals surface area contributed by atoms with Gasteiger partial charge in [-0.2, -0.15) is 0 Å². The summed E-state index contributed by atoms with van der Waals surface area (Å²) < 4.78 is 11.2. The Morgan fingerprint density at radius 1 is 1.18 bits per heavy atom. The Labute approximate surface area is 200 Å². The van der Waals surface area contributed by atoms with Crippen molar-refractivity contribution in [2.24, 2.45) is 5.41 Å². The Balaban J connectivity index is 1.82. The highest BCUT2D eigenvalue weighted by atomic mass is 35.5. The van der Waals surface area contributed by atoms with Crippen LogP contribution in [0.2, 0.25) is 5.02 Å². The van der Waals surface area contributed by atoms with Crippen molar-refractivity contribution in [3.8, 4) is 11.5 Å². The fourth-order valence-electron chi connectivity index (χ4n) is 5.35. The van der Waals surface area contributed by atoms with E-state index in [4.69, 9.17) is 21.1 Å². The average Bonchev–Trinajstić information content (AvgIpc) is 2.74. The van der Waals surface area contributed by atoms with Gasteiger partial charge in [-0.25, -0.2) is 4.79 Å². The molecule has 6 nitrogen and oxygen atoms in total. The lowest BCUT2D eigenvalue weighted by atomic mass is 9.68. The van der Waals surface area contributed by atoms with Crippen molar-refractivity contribution in [3.63, 3.8) is 0 Å². The second kappa shape index (κ2) is 9.05. The third kappa shape index (κ3) is 4.63. The van der Waals surface area contributed by atoms with E-state index in [1.807, 2.05) is 6.92 Å². The maximum absolute atomic E-state index is 13.5. The molecule has 1 aliphatic heterocycles. The smallest absolute Gasteiger partial charge is 0.337 e. The van der Waals surface area contributed by atoms with Gasteiger partial charge in [0.2, 0.25) is 0 Å². The molecule has 7 heteroatoms. The summed E-state index contributed by atoms with van der Waals surface area (Å²) in [5, 5.41) is 13.7. The van der Waals surface area contributed by atoms with Gasteiger partial charge in [0.1, 0.15) is 6.10 Å². The number of methoxy groups -OCH3 is 1. The molecule has 2 aliphatic carbocycles. The van der Waals surface area contributed by atoms with E-state index in [9.17, 15) is 14.7 Å². The van der Waals surface area contributed by atoms with Gasteiger partial charge in [-0.15, -0.1) is 0 Å². The zero-order valence-corrected chi connectivity index (χ0v) is 20.5. The van der Waals surface area contributed by atoms with Crippen LogP contribution in [0, 0.1) is 5.41 Å². The molecule has 0 amide bonds. The number of phenols is 1. The van der Waals surface area contributed by atoms with Gasteiger partial charge in [0.25, 0.3) is 0 Å². The Kier molecular flexibility index (Phi) is 6.50. The van der Waals surface area contributed by atoms with Crippen LogP contribution in [0.15, 0.2) is 34.7 Å². The lowest BCUT2D eigenvalue weighted by molar-refractivity contribution is -0.146. The first kappa shape index (κ1) is 23.7. The number of allylic oxidation sites excluding steroid dienone is 3. The molecule has 2 N–H and O–H groups in total. The first-order chi connectivity index (χ1) is 15.6. The van der Waals surface area contributed by atoms with Gasteiger partial charge in [-0.05, 0) is 62.1 Å². The number of carbonyl (C=O) groups is 2. The molecule has 1 unspecified atom stereocenters. The van der Waals surface area contributed by atoms with E-state index in [1.165, 1.54) is 7.11 Å². The molecule has 0 bridgehead atoms. The number of rotatable bonds is 4. The molecule has 1 aromatic carbocycles. The third-order valence-electron chi connectivity index (χ3n) is 6.89. The van der Waals surface area contributed by atoms with E-state index in [-0.39, 0.29) is 33.8 Å². The van der Waals surface area contributed by atoms with E-state index in [0.717, 1.165) is 37.8 Å². The highest BCUT2D eigenvalue weighted by Gasteiger charge is 2.43. The number of aromatic hydroxyl groups is 1. The lowest BCUT2D eigenvalue weighted by Crippen LogP contribution is -2.39. The van der Waals surface area contributed by atoms with Crippen molar-refractivity contribution in [1.29, 1.82) is 0 Å². The molecule has 3 aliphatic rings. The third-order valence-corrected chi connectivity index (χ3v) is 7.18. The number of dihydropyridines is 1. The van der Waals surface area contributed by atoms with Crippen LogP contribution < -0.4 is 10.1 Å². The van der Waals surface area contributed by atoms with E-state index in [1.54, 1.807) is 12.1 Å². The van der Waals surface area contributed by atoms with Crippen molar-refractivity contribution >= 4 is 23.4 Å². The Morgan fingerprint density at radius 3 is 2.55 bits per heavy atom.